The normalized spacial score (nSPS) is 12.1. The Bertz CT molecular complexity index is 474. The number of pyridine rings is 1. The Hall–Kier alpha value is -1.95. The van der Waals surface area contributed by atoms with Crippen LogP contribution in [0.1, 0.15) is 36.8 Å². The zero-order valence-electron chi connectivity index (χ0n) is 12.1. The zero-order chi connectivity index (χ0) is 15.1. The molecule has 1 aromatic rings. The van der Waals surface area contributed by atoms with E-state index in [9.17, 15) is 9.59 Å². The molecule has 1 aromatic heterocycles. The Labute approximate surface area is 119 Å². The smallest absolute Gasteiger partial charge is 0.252 e. The number of nitrogens with two attached hydrogens (primary N) is 1. The van der Waals surface area contributed by atoms with Crippen molar-refractivity contribution < 1.29 is 9.59 Å². The number of carbonyl (C=O) groups excluding carboxylic acids is 2. The van der Waals surface area contributed by atoms with Gasteiger partial charge >= 0.3 is 0 Å². The molecule has 0 aliphatic rings. The van der Waals surface area contributed by atoms with Crippen molar-refractivity contribution >= 4 is 11.8 Å². The first-order valence-electron chi connectivity index (χ1n) is 6.67. The Kier molecular flexibility index (Phi) is 6.11. The summed E-state index contributed by atoms with van der Waals surface area (Å²) in [4.78, 5) is 27.8. The van der Waals surface area contributed by atoms with Gasteiger partial charge in [-0.1, -0.05) is 13.8 Å². The maximum Gasteiger partial charge on any atom is 0.252 e. The van der Waals surface area contributed by atoms with Crippen LogP contribution in [0.4, 0.5) is 0 Å². The third-order valence-corrected chi connectivity index (χ3v) is 2.71. The van der Waals surface area contributed by atoms with Gasteiger partial charge in [0.05, 0.1) is 5.69 Å². The molecule has 0 fully saturated rings. The van der Waals surface area contributed by atoms with Gasteiger partial charge in [0, 0.05) is 24.8 Å². The van der Waals surface area contributed by atoms with E-state index in [1.807, 2.05) is 13.8 Å². The third-order valence-electron chi connectivity index (χ3n) is 2.71. The van der Waals surface area contributed by atoms with Gasteiger partial charge < -0.3 is 16.4 Å². The van der Waals surface area contributed by atoms with Crippen LogP contribution >= 0.6 is 0 Å². The van der Waals surface area contributed by atoms with Gasteiger partial charge in [0.25, 0.3) is 5.91 Å². The Balaban J connectivity index is 2.58. The van der Waals surface area contributed by atoms with E-state index in [2.05, 4.69) is 15.6 Å². The molecule has 20 heavy (non-hydrogen) atoms. The fourth-order valence-electron chi connectivity index (χ4n) is 1.53. The van der Waals surface area contributed by atoms with Crippen LogP contribution in [0.25, 0.3) is 0 Å². The molecule has 0 aromatic carbocycles. The maximum absolute atomic E-state index is 12.0. The number of amides is 2. The zero-order valence-corrected chi connectivity index (χ0v) is 12.1. The van der Waals surface area contributed by atoms with E-state index in [1.54, 1.807) is 19.1 Å². The van der Waals surface area contributed by atoms with E-state index in [0.29, 0.717) is 23.7 Å². The number of hydrogen-bond acceptors (Lipinski definition) is 4. The molecule has 0 aliphatic carbocycles. The first-order valence-corrected chi connectivity index (χ1v) is 6.67. The third kappa shape index (κ3) is 4.97. The molecule has 6 nitrogen and oxygen atoms in total. The van der Waals surface area contributed by atoms with Crippen molar-refractivity contribution in [2.24, 2.45) is 11.7 Å². The molecule has 0 saturated carbocycles. The molecule has 0 bridgehead atoms. The highest BCUT2D eigenvalue weighted by molar-refractivity contribution is 5.97. The highest BCUT2D eigenvalue weighted by atomic mass is 16.2. The maximum atomic E-state index is 12.0. The van der Waals surface area contributed by atoms with Gasteiger partial charge in [-0.05, 0) is 25.0 Å². The summed E-state index contributed by atoms with van der Waals surface area (Å²) in [6.07, 6.45) is 1.53. The quantitative estimate of drug-likeness (QED) is 0.703. The average molecular weight is 278 g/mol. The summed E-state index contributed by atoms with van der Waals surface area (Å²) >= 11 is 0. The van der Waals surface area contributed by atoms with Crippen LogP contribution in [0.5, 0.6) is 0 Å². The monoisotopic (exact) mass is 278 g/mol. The fraction of sp³-hybridized carbons (Fsp3) is 0.500. The van der Waals surface area contributed by atoms with Crippen molar-refractivity contribution in [1.29, 1.82) is 0 Å². The van der Waals surface area contributed by atoms with Gasteiger partial charge in [-0.15, -0.1) is 0 Å². The van der Waals surface area contributed by atoms with Gasteiger partial charge in [0.2, 0.25) is 5.91 Å². The van der Waals surface area contributed by atoms with Crippen molar-refractivity contribution in [2.45, 2.75) is 33.4 Å². The molecule has 4 N–H and O–H groups in total. The highest BCUT2D eigenvalue weighted by Crippen LogP contribution is 2.02. The summed E-state index contributed by atoms with van der Waals surface area (Å²) in [5.74, 6) is -0.136. The fourth-order valence-corrected chi connectivity index (χ4v) is 1.53. The number of hydrogen-bond donors (Lipinski definition) is 3. The van der Waals surface area contributed by atoms with Crippen molar-refractivity contribution in [3.8, 4) is 0 Å². The summed E-state index contributed by atoms with van der Waals surface area (Å²) in [5.41, 5.74) is 6.56. The van der Waals surface area contributed by atoms with Gasteiger partial charge in [-0.2, -0.15) is 0 Å². The average Bonchev–Trinajstić information content (AvgIpc) is 2.44. The number of nitrogens with zero attached hydrogens (tertiary/aromatic N) is 1. The van der Waals surface area contributed by atoms with Crippen LogP contribution in [0.3, 0.4) is 0 Å². The standard InChI is InChI=1S/C14H22N4O2/c1-9(2)8-17-13(19)10(3)18-14(20)11-4-5-16-12(6-11)7-15/h4-6,9-10H,7-8,15H2,1-3H3,(H,17,19)(H,18,20). The lowest BCUT2D eigenvalue weighted by Crippen LogP contribution is -2.45. The predicted octanol–water partition coefficient (Wildman–Crippen LogP) is 0.431. The van der Waals surface area contributed by atoms with Gasteiger partial charge in [-0.3, -0.25) is 14.6 Å². The molecule has 2 amide bonds. The number of rotatable bonds is 6. The number of aromatic nitrogens is 1. The molecule has 6 heteroatoms. The summed E-state index contributed by atoms with van der Waals surface area (Å²) < 4.78 is 0. The van der Waals surface area contributed by atoms with Crippen molar-refractivity contribution in [1.82, 2.24) is 15.6 Å². The first kappa shape index (κ1) is 16.1. The number of carbonyl (C=O) groups is 2. The van der Waals surface area contributed by atoms with Crippen molar-refractivity contribution in [3.63, 3.8) is 0 Å². The SMILES string of the molecule is CC(C)CNC(=O)C(C)NC(=O)c1ccnc(CN)c1. The van der Waals surface area contributed by atoms with Crippen LogP contribution < -0.4 is 16.4 Å². The second-order valence-electron chi connectivity index (χ2n) is 5.07. The second kappa shape index (κ2) is 7.59. The molecule has 110 valence electrons. The Morgan fingerprint density at radius 3 is 2.65 bits per heavy atom. The van der Waals surface area contributed by atoms with E-state index >= 15 is 0 Å². The molecule has 0 spiro atoms. The predicted molar refractivity (Wildman–Crippen MR) is 76.9 cm³/mol. The van der Waals surface area contributed by atoms with E-state index in [0.717, 1.165) is 0 Å². The molecule has 1 atom stereocenters. The molecule has 1 heterocycles. The van der Waals surface area contributed by atoms with Gasteiger partial charge in [0.1, 0.15) is 6.04 Å². The lowest BCUT2D eigenvalue weighted by Gasteiger charge is -2.15. The largest absolute Gasteiger partial charge is 0.354 e. The minimum Gasteiger partial charge on any atom is -0.354 e. The Morgan fingerprint density at radius 2 is 2.05 bits per heavy atom. The van der Waals surface area contributed by atoms with Crippen LogP contribution in [-0.4, -0.2) is 29.4 Å². The molecular formula is C14H22N4O2. The van der Waals surface area contributed by atoms with Gasteiger partial charge in [0.15, 0.2) is 0 Å². The van der Waals surface area contributed by atoms with Crippen LogP contribution in [0, 0.1) is 5.92 Å². The van der Waals surface area contributed by atoms with Crippen LogP contribution in [0.15, 0.2) is 18.3 Å². The van der Waals surface area contributed by atoms with E-state index < -0.39 is 6.04 Å². The summed E-state index contributed by atoms with van der Waals surface area (Å²) in [7, 11) is 0. The first-order chi connectivity index (χ1) is 9.43. The van der Waals surface area contributed by atoms with E-state index in [1.165, 1.54) is 6.20 Å². The van der Waals surface area contributed by atoms with E-state index in [-0.39, 0.29) is 18.4 Å². The summed E-state index contributed by atoms with van der Waals surface area (Å²) in [6.45, 7) is 6.53. The highest BCUT2D eigenvalue weighted by Gasteiger charge is 2.16. The number of nitrogens with one attached hydrogen (secondary N) is 2. The van der Waals surface area contributed by atoms with Crippen molar-refractivity contribution in [3.05, 3.63) is 29.6 Å². The molecule has 0 aliphatic heterocycles. The molecular weight excluding hydrogens is 256 g/mol. The summed E-state index contributed by atoms with van der Waals surface area (Å²) in [6, 6.07) is 2.62. The van der Waals surface area contributed by atoms with Gasteiger partial charge in [-0.25, -0.2) is 0 Å². The van der Waals surface area contributed by atoms with Crippen LogP contribution in [-0.2, 0) is 11.3 Å². The molecule has 0 saturated heterocycles. The Morgan fingerprint density at radius 1 is 1.35 bits per heavy atom. The lowest BCUT2D eigenvalue weighted by molar-refractivity contribution is -0.122. The minimum absolute atomic E-state index is 0.194. The van der Waals surface area contributed by atoms with Crippen molar-refractivity contribution in [2.75, 3.05) is 6.54 Å². The summed E-state index contributed by atoms with van der Waals surface area (Å²) in [5, 5.41) is 5.43. The lowest BCUT2D eigenvalue weighted by atomic mass is 10.2. The minimum atomic E-state index is -0.587. The molecule has 0 radical (unpaired) electrons. The molecule has 1 unspecified atom stereocenters. The van der Waals surface area contributed by atoms with E-state index in [4.69, 9.17) is 5.73 Å². The molecule has 1 rings (SSSR count). The van der Waals surface area contributed by atoms with Crippen LogP contribution in [0.2, 0.25) is 0 Å². The second-order valence-corrected chi connectivity index (χ2v) is 5.07. The topological polar surface area (TPSA) is 97.1 Å².